The van der Waals surface area contributed by atoms with Crippen LogP contribution in [0.2, 0.25) is 0 Å². The molecule has 0 aliphatic heterocycles. The third kappa shape index (κ3) is 3.90. The van der Waals surface area contributed by atoms with Gasteiger partial charge in [-0.15, -0.1) is 0 Å². The summed E-state index contributed by atoms with van der Waals surface area (Å²) in [6.07, 6.45) is -3.05. The molecule has 0 unspecified atom stereocenters. The first-order chi connectivity index (χ1) is 11.1. The van der Waals surface area contributed by atoms with E-state index in [0.717, 1.165) is 6.07 Å². The van der Waals surface area contributed by atoms with Crippen molar-refractivity contribution in [3.8, 4) is 0 Å². The standard InChI is InChI=1S/C17H16F4N2O/c1-9-8-22-10(2)6-13(9)16(24)23-11(3)14-7-12(17(19,20)21)4-5-15(14)18/h4-8,11H,1-3H3,(H,23,24)/t11-/m1/s1. The number of aromatic nitrogens is 1. The smallest absolute Gasteiger partial charge is 0.345 e. The topological polar surface area (TPSA) is 42.0 Å². The molecule has 1 amide bonds. The van der Waals surface area contributed by atoms with Crippen LogP contribution in [-0.2, 0) is 6.18 Å². The van der Waals surface area contributed by atoms with Crippen LogP contribution >= 0.6 is 0 Å². The number of pyridine rings is 1. The van der Waals surface area contributed by atoms with Gasteiger partial charge >= 0.3 is 6.18 Å². The molecule has 0 radical (unpaired) electrons. The summed E-state index contributed by atoms with van der Waals surface area (Å²) in [5.74, 6) is -1.30. The number of alkyl halides is 3. The maximum Gasteiger partial charge on any atom is 0.416 e. The number of hydrogen-bond donors (Lipinski definition) is 1. The van der Waals surface area contributed by atoms with E-state index in [1.165, 1.54) is 13.1 Å². The maximum absolute atomic E-state index is 13.9. The highest BCUT2D eigenvalue weighted by atomic mass is 19.4. The molecule has 0 bridgehead atoms. The van der Waals surface area contributed by atoms with Crippen molar-refractivity contribution in [3.63, 3.8) is 0 Å². The molecule has 0 spiro atoms. The summed E-state index contributed by atoms with van der Waals surface area (Å²) in [6.45, 7) is 4.84. The molecule has 1 aromatic carbocycles. The van der Waals surface area contributed by atoms with Crippen LogP contribution < -0.4 is 5.32 Å². The quantitative estimate of drug-likeness (QED) is 0.844. The zero-order valence-corrected chi connectivity index (χ0v) is 13.3. The normalized spacial score (nSPS) is 12.8. The van der Waals surface area contributed by atoms with Gasteiger partial charge in [-0.25, -0.2) is 4.39 Å². The van der Waals surface area contributed by atoms with Crippen LogP contribution in [0.1, 0.15) is 45.7 Å². The number of amides is 1. The van der Waals surface area contributed by atoms with E-state index >= 15 is 0 Å². The Balaban J connectivity index is 2.28. The molecule has 1 atom stereocenters. The van der Waals surface area contributed by atoms with E-state index in [-0.39, 0.29) is 5.56 Å². The Kier molecular flexibility index (Phi) is 4.91. The molecule has 3 nitrogen and oxygen atoms in total. The first-order valence-corrected chi connectivity index (χ1v) is 7.20. The van der Waals surface area contributed by atoms with E-state index in [4.69, 9.17) is 0 Å². The molecule has 128 valence electrons. The fraction of sp³-hybridized carbons (Fsp3) is 0.294. The Morgan fingerprint density at radius 2 is 1.88 bits per heavy atom. The SMILES string of the molecule is Cc1cc(C(=O)N[C@H](C)c2cc(C(F)(F)F)ccc2F)c(C)cn1. The van der Waals surface area contributed by atoms with Gasteiger partial charge in [0.1, 0.15) is 5.82 Å². The zero-order chi connectivity index (χ0) is 18.1. The Labute approximate surface area is 136 Å². The van der Waals surface area contributed by atoms with Crippen molar-refractivity contribution in [2.75, 3.05) is 0 Å². The number of carbonyl (C=O) groups excluding carboxylic acids is 1. The summed E-state index contributed by atoms with van der Waals surface area (Å²) in [5.41, 5.74) is 0.415. The Hall–Kier alpha value is -2.44. The van der Waals surface area contributed by atoms with Crippen molar-refractivity contribution < 1.29 is 22.4 Å². The lowest BCUT2D eigenvalue weighted by Gasteiger charge is -2.18. The molecule has 2 aromatic rings. The van der Waals surface area contributed by atoms with Crippen LogP contribution in [0.5, 0.6) is 0 Å². The van der Waals surface area contributed by atoms with Gasteiger partial charge in [0.15, 0.2) is 0 Å². The second-order valence-corrected chi connectivity index (χ2v) is 5.57. The van der Waals surface area contributed by atoms with Crippen molar-refractivity contribution in [1.82, 2.24) is 10.3 Å². The van der Waals surface area contributed by atoms with Crippen molar-refractivity contribution >= 4 is 5.91 Å². The minimum atomic E-state index is -4.58. The molecule has 0 saturated heterocycles. The first kappa shape index (κ1) is 17.9. The molecule has 2 rings (SSSR count). The van der Waals surface area contributed by atoms with Crippen molar-refractivity contribution in [3.05, 3.63) is 64.2 Å². The molecule has 0 saturated carbocycles. The fourth-order valence-corrected chi connectivity index (χ4v) is 2.28. The number of carbonyl (C=O) groups is 1. The van der Waals surface area contributed by atoms with Crippen molar-refractivity contribution in [1.29, 1.82) is 0 Å². The van der Waals surface area contributed by atoms with Crippen LogP contribution in [0.4, 0.5) is 17.6 Å². The van der Waals surface area contributed by atoms with Crippen LogP contribution in [0.15, 0.2) is 30.5 Å². The minimum Gasteiger partial charge on any atom is -0.345 e. The predicted molar refractivity (Wildman–Crippen MR) is 81.0 cm³/mol. The maximum atomic E-state index is 13.9. The van der Waals surface area contributed by atoms with Gasteiger partial charge in [0.05, 0.1) is 11.6 Å². The number of hydrogen-bond acceptors (Lipinski definition) is 2. The lowest BCUT2D eigenvalue weighted by Crippen LogP contribution is -2.28. The Morgan fingerprint density at radius 1 is 1.21 bits per heavy atom. The molecule has 7 heteroatoms. The largest absolute Gasteiger partial charge is 0.416 e. The predicted octanol–water partition coefficient (Wildman–Crippen LogP) is 4.35. The van der Waals surface area contributed by atoms with Crippen molar-refractivity contribution in [2.24, 2.45) is 0 Å². The molecule has 1 heterocycles. The summed E-state index contributed by atoms with van der Waals surface area (Å²) >= 11 is 0. The summed E-state index contributed by atoms with van der Waals surface area (Å²) < 4.78 is 52.2. The molecular weight excluding hydrogens is 324 g/mol. The van der Waals surface area contributed by atoms with Crippen molar-refractivity contribution in [2.45, 2.75) is 33.0 Å². The van der Waals surface area contributed by atoms with Gasteiger partial charge in [0.2, 0.25) is 0 Å². The van der Waals surface area contributed by atoms with Gasteiger partial charge in [0, 0.05) is 23.0 Å². The lowest BCUT2D eigenvalue weighted by molar-refractivity contribution is -0.137. The number of nitrogens with zero attached hydrogens (tertiary/aromatic N) is 1. The van der Waals surface area contributed by atoms with Gasteiger partial charge in [0.25, 0.3) is 5.91 Å². The van der Waals surface area contributed by atoms with Crippen LogP contribution in [0.25, 0.3) is 0 Å². The molecule has 0 aliphatic rings. The molecule has 1 N–H and O–H groups in total. The second-order valence-electron chi connectivity index (χ2n) is 5.57. The highest BCUT2D eigenvalue weighted by molar-refractivity contribution is 5.95. The monoisotopic (exact) mass is 340 g/mol. The van der Waals surface area contributed by atoms with Gasteiger partial charge in [-0.2, -0.15) is 13.2 Å². The third-order valence-electron chi connectivity index (χ3n) is 3.62. The van der Waals surface area contributed by atoms with Crippen LogP contribution in [-0.4, -0.2) is 10.9 Å². The van der Waals surface area contributed by atoms with E-state index in [2.05, 4.69) is 10.3 Å². The molecule has 0 fully saturated rings. The Bertz CT molecular complexity index is 772. The van der Waals surface area contributed by atoms with E-state index in [0.29, 0.717) is 29.0 Å². The lowest BCUT2D eigenvalue weighted by atomic mass is 10.0. The summed E-state index contributed by atoms with van der Waals surface area (Å²) in [5, 5.41) is 2.53. The molecular formula is C17H16F4N2O. The van der Waals surface area contributed by atoms with Gasteiger partial charge in [-0.05, 0) is 50.6 Å². The number of halogens is 4. The zero-order valence-electron chi connectivity index (χ0n) is 13.3. The summed E-state index contributed by atoms with van der Waals surface area (Å²) in [7, 11) is 0. The number of benzene rings is 1. The van der Waals surface area contributed by atoms with Gasteiger partial charge in [-0.3, -0.25) is 9.78 Å². The van der Waals surface area contributed by atoms with E-state index in [9.17, 15) is 22.4 Å². The van der Waals surface area contributed by atoms with E-state index in [1.807, 2.05) is 0 Å². The number of aryl methyl sites for hydroxylation is 2. The second kappa shape index (κ2) is 6.59. The first-order valence-electron chi connectivity index (χ1n) is 7.20. The van der Waals surface area contributed by atoms with Gasteiger partial charge in [-0.1, -0.05) is 0 Å². The highest BCUT2D eigenvalue weighted by Crippen LogP contribution is 2.31. The number of rotatable bonds is 3. The third-order valence-corrected chi connectivity index (χ3v) is 3.62. The average Bonchev–Trinajstić information content (AvgIpc) is 2.48. The Morgan fingerprint density at radius 3 is 2.50 bits per heavy atom. The average molecular weight is 340 g/mol. The summed E-state index contributed by atoms with van der Waals surface area (Å²) in [4.78, 5) is 16.4. The molecule has 1 aromatic heterocycles. The highest BCUT2D eigenvalue weighted by Gasteiger charge is 2.31. The fourth-order valence-electron chi connectivity index (χ4n) is 2.28. The van der Waals surface area contributed by atoms with Gasteiger partial charge < -0.3 is 5.32 Å². The summed E-state index contributed by atoms with van der Waals surface area (Å²) in [6, 6.07) is 2.78. The van der Waals surface area contributed by atoms with Crippen LogP contribution in [0.3, 0.4) is 0 Å². The van der Waals surface area contributed by atoms with E-state index in [1.54, 1.807) is 19.9 Å². The molecule has 24 heavy (non-hydrogen) atoms. The molecule has 0 aliphatic carbocycles. The van der Waals surface area contributed by atoms with Crippen LogP contribution in [0, 0.1) is 19.7 Å². The van der Waals surface area contributed by atoms with E-state index < -0.39 is 29.5 Å². The number of nitrogens with one attached hydrogen (secondary N) is 1. The minimum absolute atomic E-state index is 0.221.